The summed E-state index contributed by atoms with van der Waals surface area (Å²) in [6.07, 6.45) is 6.65. The van der Waals surface area contributed by atoms with Crippen LogP contribution in [0.25, 0.3) is 0 Å². The van der Waals surface area contributed by atoms with Gasteiger partial charge in [0.05, 0.1) is 6.61 Å². The Morgan fingerprint density at radius 2 is 1.89 bits per heavy atom. The summed E-state index contributed by atoms with van der Waals surface area (Å²) in [5.41, 5.74) is 0.493. The van der Waals surface area contributed by atoms with Gasteiger partial charge in [-0.15, -0.1) is 0 Å². The first-order valence-electron chi connectivity index (χ1n) is 8.18. The number of fused-ring (bicyclic) bond motifs is 1. The van der Waals surface area contributed by atoms with E-state index >= 15 is 0 Å². The smallest absolute Gasteiger partial charge is 0.0615 e. The lowest BCUT2D eigenvalue weighted by molar-refractivity contribution is -0.0811. The lowest BCUT2D eigenvalue weighted by atomic mass is 9.67. The van der Waals surface area contributed by atoms with Crippen molar-refractivity contribution in [1.29, 1.82) is 0 Å². The molecule has 19 heavy (non-hydrogen) atoms. The van der Waals surface area contributed by atoms with E-state index in [0.717, 1.165) is 12.5 Å². The van der Waals surface area contributed by atoms with E-state index in [-0.39, 0.29) is 5.54 Å². The van der Waals surface area contributed by atoms with Gasteiger partial charge in [-0.3, -0.25) is 4.90 Å². The van der Waals surface area contributed by atoms with Crippen LogP contribution in [0.5, 0.6) is 0 Å². The van der Waals surface area contributed by atoms with Crippen molar-refractivity contribution < 1.29 is 5.11 Å². The number of rotatable bonds is 2. The van der Waals surface area contributed by atoms with Crippen LogP contribution in [-0.2, 0) is 0 Å². The van der Waals surface area contributed by atoms with Gasteiger partial charge in [0.2, 0.25) is 0 Å². The first kappa shape index (κ1) is 15.3. The van der Waals surface area contributed by atoms with Crippen LogP contribution in [0.4, 0.5) is 0 Å². The van der Waals surface area contributed by atoms with Crippen molar-refractivity contribution in [2.45, 2.75) is 78.3 Å². The van der Waals surface area contributed by atoms with Gasteiger partial charge in [0.15, 0.2) is 0 Å². The van der Waals surface area contributed by atoms with Crippen LogP contribution in [0.2, 0.25) is 0 Å². The number of nitrogens with zero attached hydrogens (tertiary/aromatic N) is 1. The molecule has 2 rings (SSSR count). The number of hydrogen-bond donors (Lipinski definition) is 1. The zero-order valence-electron chi connectivity index (χ0n) is 13.6. The number of likely N-dealkylation sites (tertiary alicyclic amines) is 1. The standard InChI is InChI=1S/C17H33NO/c1-13(2)18-10-8-14-11-16(3,4)9-6-7-15(14)17(18,5)12-19/h13-15,19H,6-12H2,1-5H3. The fraction of sp³-hybridized carbons (Fsp3) is 1.00. The van der Waals surface area contributed by atoms with Crippen LogP contribution in [0.15, 0.2) is 0 Å². The summed E-state index contributed by atoms with van der Waals surface area (Å²) in [5.74, 6) is 1.49. The molecule has 1 heterocycles. The highest BCUT2D eigenvalue weighted by atomic mass is 16.3. The summed E-state index contributed by atoms with van der Waals surface area (Å²) in [5, 5.41) is 10.1. The molecule has 1 aliphatic carbocycles. The number of piperidine rings is 1. The topological polar surface area (TPSA) is 23.5 Å². The van der Waals surface area contributed by atoms with Gasteiger partial charge in [-0.2, -0.15) is 0 Å². The lowest BCUT2D eigenvalue weighted by Gasteiger charge is -2.54. The second kappa shape index (κ2) is 5.37. The van der Waals surface area contributed by atoms with Crippen molar-refractivity contribution in [1.82, 2.24) is 4.90 Å². The van der Waals surface area contributed by atoms with E-state index in [0.29, 0.717) is 24.0 Å². The largest absolute Gasteiger partial charge is 0.394 e. The van der Waals surface area contributed by atoms with Crippen molar-refractivity contribution in [3.05, 3.63) is 0 Å². The first-order valence-corrected chi connectivity index (χ1v) is 8.18. The van der Waals surface area contributed by atoms with Gasteiger partial charge in [0.25, 0.3) is 0 Å². The molecule has 0 radical (unpaired) electrons. The fourth-order valence-electron chi connectivity index (χ4n) is 4.94. The minimum Gasteiger partial charge on any atom is -0.394 e. The van der Waals surface area contributed by atoms with E-state index in [9.17, 15) is 5.11 Å². The molecule has 1 aliphatic heterocycles. The SMILES string of the molecule is CC(C)N1CCC2CC(C)(C)CCCC2C1(C)CO. The molecule has 0 amide bonds. The molecule has 1 saturated heterocycles. The Labute approximate surface area is 119 Å². The average molecular weight is 267 g/mol. The minimum atomic E-state index is -0.00248. The Kier molecular flexibility index (Phi) is 4.32. The highest BCUT2D eigenvalue weighted by Gasteiger charge is 2.49. The molecule has 112 valence electrons. The van der Waals surface area contributed by atoms with Crippen LogP contribution in [0.1, 0.15) is 66.7 Å². The fourth-order valence-corrected chi connectivity index (χ4v) is 4.94. The minimum absolute atomic E-state index is 0.00248. The second-order valence-electron chi connectivity index (χ2n) is 8.22. The molecule has 0 spiro atoms. The van der Waals surface area contributed by atoms with Gasteiger partial charge in [-0.25, -0.2) is 0 Å². The maximum atomic E-state index is 10.1. The van der Waals surface area contributed by atoms with E-state index in [4.69, 9.17) is 0 Å². The summed E-state index contributed by atoms with van der Waals surface area (Å²) in [7, 11) is 0. The van der Waals surface area contributed by atoms with E-state index in [1.165, 1.54) is 32.1 Å². The number of aliphatic hydroxyl groups is 1. The molecule has 2 heteroatoms. The van der Waals surface area contributed by atoms with Crippen molar-refractivity contribution in [2.24, 2.45) is 17.3 Å². The number of hydrogen-bond acceptors (Lipinski definition) is 2. The molecule has 0 aromatic carbocycles. The number of aliphatic hydroxyl groups excluding tert-OH is 1. The second-order valence-corrected chi connectivity index (χ2v) is 8.22. The van der Waals surface area contributed by atoms with Crippen LogP contribution >= 0.6 is 0 Å². The third-order valence-corrected chi connectivity index (χ3v) is 5.89. The van der Waals surface area contributed by atoms with Gasteiger partial charge in [-0.05, 0) is 70.3 Å². The molecule has 2 aliphatic rings. The average Bonchev–Trinajstić information content (AvgIpc) is 2.47. The van der Waals surface area contributed by atoms with Gasteiger partial charge in [0.1, 0.15) is 0 Å². The van der Waals surface area contributed by atoms with Gasteiger partial charge < -0.3 is 5.11 Å². The van der Waals surface area contributed by atoms with Crippen LogP contribution < -0.4 is 0 Å². The summed E-state index contributed by atoms with van der Waals surface area (Å²) in [6.45, 7) is 13.2. The third kappa shape index (κ3) is 2.85. The Morgan fingerprint density at radius 3 is 2.47 bits per heavy atom. The Balaban J connectivity index is 2.26. The quantitative estimate of drug-likeness (QED) is 0.825. The molecule has 0 aromatic rings. The Morgan fingerprint density at radius 1 is 1.21 bits per heavy atom. The lowest BCUT2D eigenvalue weighted by Crippen LogP contribution is -2.62. The van der Waals surface area contributed by atoms with E-state index < -0.39 is 0 Å². The maximum absolute atomic E-state index is 10.1. The molecule has 2 nitrogen and oxygen atoms in total. The van der Waals surface area contributed by atoms with Gasteiger partial charge >= 0.3 is 0 Å². The van der Waals surface area contributed by atoms with Crippen LogP contribution in [0, 0.1) is 17.3 Å². The highest BCUT2D eigenvalue weighted by molar-refractivity contribution is 5.02. The molecule has 1 N–H and O–H groups in total. The third-order valence-electron chi connectivity index (χ3n) is 5.89. The van der Waals surface area contributed by atoms with Gasteiger partial charge in [-0.1, -0.05) is 20.3 Å². The molecule has 3 unspecified atom stereocenters. The molecule has 1 saturated carbocycles. The zero-order chi connectivity index (χ0) is 14.3. The van der Waals surface area contributed by atoms with Crippen molar-refractivity contribution in [3.63, 3.8) is 0 Å². The zero-order valence-corrected chi connectivity index (χ0v) is 13.6. The maximum Gasteiger partial charge on any atom is 0.0615 e. The molecule has 3 atom stereocenters. The Hall–Kier alpha value is -0.0800. The van der Waals surface area contributed by atoms with Gasteiger partial charge in [0, 0.05) is 11.6 Å². The summed E-state index contributed by atoms with van der Waals surface area (Å²) in [6, 6.07) is 0.536. The summed E-state index contributed by atoms with van der Waals surface area (Å²) >= 11 is 0. The Bertz CT molecular complexity index is 312. The van der Waals surface area contributed by atoms with E-state index in [1.54, 1.807) is 0 Å². The molecular weight excluding hydrogens is 234 g/mol. The summed E-state index contributed by atoms with van der Waals surface area (Å²) < 4.78 is 0. The first-order chi connectivity index (χ1) is 8.80. The molecule has 0 bridgehead atoms. The highest BCUT2D eigenvalue weighted by Crippen LogP contribution is 2.49. The molecule has 2 fully saturated rings. The molecule has 0 aromatic heterocycles. The van der Waals surface area contributed by atoms with E-state index in [2.05, 4.69) is 39.5 Å². The van der Waals surface area contributed by atoms with Crippen LogP contribution in [-0.4, -0.2) is 34.7 Å². The monoisotopic (exact) mass is 267 g/mol. The van der Waals surface area contributed by atoms with Crippen molar-refractivity contribution in [2.75, 3.05) is 13.2 Å². The normalized spacial score (nSPS) is 39.9. The van der Waals surface area contributed by atoms with Crippen LogP contribution in [0.3, 0.4) is 0 Å². The molecular formula is C17H33NO. The summed E-state index contributed by atoms with van der Waals surface area (Å²) in [4.78, 5) is 2.56. The van der Waals surface area contributed by atoms with Crippen molar-refractivity contribution >= 4 is 0 Å². The van der Waals surface area contributed by atoms with E-state index in [1.807, 2.05) is 0 Å². The van der Waals surface area contributed by atoms with Crippen molar-refractivity contribution in [3.8, 4) is 0 Å². The predicted molar refractivity (Wildman–Crippen MR) is 81.2 cm³/mol. The predicted octanol–water partition coefficient (Wildman–Crippen LogP) is 3.68.